The highest BCUT2D eigenvalue weighted by Gasteiger charge is 2.57. The van der Waals surface area contributed by atoms with Crippen LogP contribution in [-0.4, -0.2) is 24.1 Å². The predicted octanol–water partition coefficient (Wildman–Crippen LogP) is 7.82. The van der Waals surface area contributed by atoms with Crippen molar-refractivity contribution in [2.45, 2.75) is 23.4 Å². The quantitative estimate of drug-likeness (QED) is 0.0892. The van der Waals surface area contributed by atoms with Crippen LogP contribution < -0.4 is 0 Å². The third-order valence-corrected chi connectivity index (χ3v) is 8.55. The number of rotatable bonds is 10. The Bertz CT molecular complexity index is 1590. The topological polar surface area (TPSA) is 65.1 Å². The van der Waals surface area contributed by atoms with E-state index in [1.165, 1.54) is 0 Å². The molecule has 2 unspecified atom stereocenters. The van der Waals surface area contributed by atoms with E-state index in [1.807, 2.05) is 182 Å². The number of carbonyl (C=O) groups excluding carboxylic acids is 2. The smallest absolute Gasteiger partial charge is 0.340 e. The molecule has 6 aromatic rings. The van der Waals surface area contributed by atoms with Crippen LogP contribution in [-0.2, 0) is 35.0 Å². The lowest BCUT2D eigenvalue weighted by Gasteiger charge is -2.35. The van der Waals surface area contributed by atoms with E-state index in [9.17, 15) is 9.59 Å². The van der Waals surface area contributed by atoms with Crippen molar-refractivity contribution < 1.29 is 23.8 Å². The molecule has 1 aliphatic heterocycles. The maximum absolute atomic E-state index is 14.1. The summed E-state index contributed by atoms with van der Waals surface area (Å²) in [6, 6.07) is 57.6. The molecule has 0 radical (unpaired) electrons. The summed E-state index contributed by atoms with van der Waals surface area (Å²) in [5.74, 6) is -1.32. The summed E-state index contributed by atoms with van der Waals surface area (Å²) < 4.78 is 18.8. The van der Waals surface area contributed by atoms with Gasteiger partial charge in [-0.15, -0.1) is 0 Å². The zero-order valence-corrected chi connectivity index (χ0v) is 25.5. The standard InChI is InChI=1S/C42H32O5/c43-39(46-41(31-19-7-1-8-20-31,32-21-9-2-10-22-32)33-23-11-3-12-24-33)37-38(45-37)40(44)47-42(34-25-13-4-14-26-34,35-27-15-5-16-28-35)36-29-17-6-18-30-36/h1-30,37-38H. The van der Waals surface area contributed by atoms with Gasteiger partial charge in [-0.25, -0.2) is 9.59 Å². The second-order valence-electron chi connectivity index (χ2n) is 11.4. The molecule has 5 nitrogen and oxygen atoms in total. The molecule has 230 valence electrons. The Labute approximate surface area is 274 Å². The van der Waals surface area contributed by atoms with Crippen LogP contribution in [0.2, 0.25) is 0 Å². The lowest BCUT2D eigenvalue weighted by molar-refractivity contribution is -0.157. The molecule has 5 heteroatoms. The SMILES string of the molecule is O=C(OC(c1ccccc1)(c1ccccc1)c1ccccc1)C1OC1C(=O)OC(c1ccccc1)(c1ccccc1)c1ccccc1. The van der Waals surface area contributed by atoms with E-state index in [4.69, 9.17) is 14.2 Å². The highest BCUT2D eigenvalue weighted by molar-refractivity contribution is 5.91. The fraction of sp³-hybridized carbons (Fsp3) is 0.0952. The Balaban J connectivity index is 1.24. The summed E-state index contributed by atoms with van der Waals surface area (Å²) in [6.45, 7) is 0. The van der Waals surface area contributed by atoms with Crippen LogP contribution in [0.15, 0.2) is 182 Å². The van der Waals surface area contributed by atoms with Gasteiger partial charge in [0.05, 0.1) is 0 Å². The average Bonchev–Trinajstić information content (AvgIpc) is 3.97. The molecular weight excluding hydrogens is 584 g/mol. The van der Waals surface area contributed by atoms with Crippen molar-refractivity contribution in [3.63, 3.8) is 0 Å². The normalized spacial score (nSPS) is 15.7. The van der Waals surface area contributed by atoms with E-state index in [-0.39, 0.29) is 0 Å². The lowest BCUT2D eigenvalue weighted by Crippen LogP contribution is -2.39. The van der Waals surface area contributed by atoms with E-state index in [0.717, 1.165) is 33.4 Å². The van der Waals surface area contributed by atoms with Crippen LogP contribution in [0.5, 0.6) is 0 Å². The highest BCUT2D eigenvalue weighted by Crippen LogP contribution is 2.44. The minimum atomic E-state index is -1.29. The average molecular weight is 617 g/mol. The second kappa shape index (κ2) is 12.9. The van der Waals surface area contributed by atoms with Crippen LogP contribution in [0.1, 0.15) is 33.4 Å². The first-order valence-corrected chi connectivity index (χ1v) is 15.6. The van der Waals surface area contributed by atoms with Crippen molar-refractivity contribution in [1.82, 2.24) is 0 Å². The summed E-state index contributed by atoms with van der Waals surface area (Å²) in [7, 11) is 0. The first kappa shape index (κ1) is 29.9. The minimum Gasteiger partial charge on any atom is -0.442 e. The molecule has 6 aromatic carbocycles. The second-order valence-corrected chi connectivity index (χ2v) is 11.4. The Morgan fingerprint density at radius 1 is 0.362 bits per heavy atom. The van der Waals surface area contributed by atoms with Crippen molar-refractivity contribution in [1.29, 1.82) is 0 Å². The predicted molar refractivity (Wildman–Crippen MR) is 179 cm³/mol. The van der Waals surface area contributed by atoms with Crippen LogP contribution >= 0.6 is 0 Å². The number of carbonyl (C=O) groups is 2. The lowest BCUT2D eigenvalue weighted by atomic mass is 9.80. The van der Waals surface area contributed by atoms with Crippen molar-refractivity contribution in [3.8, 4) is 0 Å². The number of esters is 2. The Hall–Kier alpha value is -5.78. The molecule has 7 rings (SSSR count). The van der Waals surface area contributed by atoms with E-state index in [2.05, 4.69) is 0 Å². The molecule has 0 aliphatic carbocycles. The summed E-state index contributed by atoms with van der Waals surface area (Å²) in [4.78, 5) is 28.2. The minimum absolute atomic E-state index is 0.659. The molecule has 2 atom stereocenters. The molecule has 0 N–H and O–H groups in total. The van der Waals surface area contributed by atoms with Gasteiger partial charge in [0.1, 0.15) is 0 Å². The van der Waals surface area contributed by atoms with Gasteiger partial charge in [-0.1, -0.05) is 182 Å². The molecule has 1 heterocycles. The summed E-state index contributed by atoms with van der Waals surface area (Å²) in [5.41, 5.74) is 2.02. The molecule has 0 spiro atoms. The van der Waals surface area contributed by atoms with Crippen LogP contribution in [0, 0.1) is 0 Å². The van der Waals surface area contributed by atoms with E-state index in [0.29, 0.717) is 0 Å². The van der Waals surface area contributed by atoms with E-state index in [1.54, 1.807) is 0 Å². The third kappa shape index (κ3) is 5.62. The van der Waals surface area contributed by atoms with Crippen LogP contribution in [0.3, 0.4) is 0 Å². The molecule has 0 amide bonds. The van der Waals surface area contributed by atoms with Gasteiger partial charge in [0.15, 0.2) is 23.4 Å². The fourth-order valence-electron chi connectivity index (χ4n) is 6.28. The summed E-state index contributed by atoms with van der Waals surface area (Å²) in [5, 5.41) is 0. The first-order chi connectivity index (χ1) is 23.1. The van der Waals surface area contributed by atoms with Crippen molar-refractivity contribution in [2.24, 2.45) is 0 Å². The molecule has 1 aliphatic rings. The Morgan fingerprint density at radius 2 is 0.553 bits per heavy atom. The zero-order chi connectivity index (χ0) is 32.1. The van der Waals surface area contributed by atoms with Crippen molar-refractivity contribution >= 4 is 11.9 Å². The number of hydrogen-bond donors (Lipinski definition) is 0. The van der Waals surface area contributed by atoms with E-state index < -0.39 is 35.3 Å². The molecule has 0 bridgehead atoms. The maximum Gasteiger partial charge on any atom is 0.340 e. The number of benzene rings is 6. The van der Waals surface area contributed by atoms with Gasteiger partial charge in [0.25, 0.3) is 0 Å². The summed E-state index contributed by atoms with van der Waals surface area (Å²) in [6.07, 6.45) is -2.28. The summed E-state index contributed by atoms with van der Waals surface area (Å²) >= 11 is 0. The first-order valence-electron chi connectivity index (χ1n) is 15.6. The van der Waals surface area contributed by atoms with Gasteiger partial charge in [-0.3, -0.25) is 0 Å². The third-order valence-electron chi connectivity index (χ3n) is 8.55. The van der Waals surface area contributed by atoms with Gasteiger partial charge in [0.2, 0.25) is 0 Å². The molecule has 0 saturated carbocycles. The van der Waals surface area contributed by atoms with Crippen molar-refractivity contribution in [2.75, 3.05) is 0 Å². The number of hydrogen-bond acceptors (Lipinski definition) is 5. The van der Waals surface area contributed by atoms with Crippen LogP contribution in [0.25, 0.3) is 0 Å². The van der Waals surface area contributed by atoms with Gasteiger partial charge in [-0.05, 0) is 0 Å². The number of epoxide rings is 1. The molecule has 0 aromatic heterocycles. The molecule has 47 heavy (non-hydrogen) atoms. The van der Waals surface area contributed by atoms with Gasteiger partial charge >= 0.3 is 11.9 Å². The Morgan fingerprint density at radius 3 is 0.745 bits per heavy atom. The molecule has 1 fully saturated rings. The van der Waals surface area contributed by atoms with Crippen molar-refractivity contribution in [3.05, 3.63) is 215 Å². The van der Waals surface area contributed by atoms with Gasteiger partial charge in [0, 0.05) is 33.4 Å². The van der Waals surface area contributed by atoms with Crippen LogP contribution in [0.4, 0.5) is 0 Å². The van der Waals surface area contributed by atoms with Gasteiger partial charge < -0.3 is 14.2 Å². The molecular formula is C42H32O5. The van der Waals surface area contributed by atoms with E-state index >= 15 is 0 Å². The van der Waals surface area contributed by atoms with Gasteiger partial charge in [-0.2, -0.15) is 0 Å². The Kier molecular flexibility index (Phi) is 8.22. The number of ether oxygens (including phenoxy) is 3. The fourth-order valence-corrected chi connectivity index (χ4v) is 6.28. The monoisotopic (exact) mass is 616 g/mol. The largest absolute Gasteiger partial charge is 0.442 e. The maximum atomic E-state index is 14.1. The highest BCUT2D eigenvalue weighted by atomic mass is 16.7. The zero-order valence-electron chi connectivity index (χ0n) is 25.5. The molecule has 1 saturated heterocycles.